The number of hydrogen-bond acceptors (Lipinski definition) is 5. The number of hydrogen-bond donors (Lipinski definition) is 2. The van der Waals surface area contributed by atoms with Gasteiger partial charge in [-0.2, -0.15) is 11.8 Å². The second-order valence-corrected chi connectivity index (χ2v) is 12.4. The smallest absolute Gasteiger partial charge is 0.252 e. The van der Waals surface area contributed by atoms with Gasteiger partial charge in [-0.25, -0.2) is 0 Å². The van der Waals surface area contributed by atoms with Crippen molar-refractivity contribution in [3.05, 3.63) is 142 Å². The summed E-state index contributed by atoms with van der Waals surface area (Å²) in [7, 11) is 0. The lowest BCUT2D eigenvalue weighted by Gasteiger charge is -2.20. The van der Waals surface area contributed by atoms with Gasteiger partial charge in [0.15, 0.2) is 0 Å². The molecule has 1 aromatic heterocycles. The fourth-order valence-corrected chi connectivity index (χ4v) is 5.72. The van der Waals surface area contributed by atoms with Gasteiger partial charge in [0.25, 0.3) is 5.91 Å². The van der Waals surface area contributed by atoms with Crippen molar-refractivity contribution in [3.63, 3.8) is 0 Å². The molecule has 2 N–H and O–H groups in total. The molecular formula is C38H37ClN2O4S. The molecule has 0 saturated heterocycles. The molecular weight excluding hydrogens is 616 g/mol. The minimum Gasteiger partial charge on any atom is -0.459 e. The first-order chi connectivity index (χ1) is 22.4. The highest BCUT2D eigenvalue weighted by atomic mass is 35.5. The zero-order valence-corrected chi connectivity index (χ0v) is 27.5. The van der Waals surface area contributed by atoms with E-state index in [2.05, 4.69) is 10.6 Å². The van der Waals surface area contributed by atoms with Crippen LogP contribution in [0.15, 0.2) is 114 Å². The van der Waals surface area contributed by atoms with Crippen molar-refractivity contribution < 1.29 is 18.7 Å². The molecule has 236 valence electrons. The van der Waals surface area contributed by atoms with E-state index in [9.17, 15) is 9.59 Å². The van der Waals surface area contributed by atoms with E-state index in [4.69, 9.17) is 20.8 Å². The summed E-state index contributed by atoms with van der Waals surface area (Å²) in [5.41, 5.74) is 6.13. The Bertz CT molecular complexity index is 1750. The molecule has 0 fully saturated rings. The number of halogens is 1. The predicted molar refractivity (Wildman–Crippen MR) is 187 cm³/mol. The van der Waals surface area contributed by atoms with E-state index in [-0.39, 0.29) is 11.8 Å². The van der Waals surface area contributed by atoms with Crippen molar-refractivity contribution >= 4 is 35.2 Å². The molecule has 0 bridgehead atoms. The first-order valence-corrected chi connectivity index (χ1v) is 16.9. The summed E-state index contributed by atoms with van der Waals surface area (Å²) in [5, 5.41) is 6.68. The highest BCUT2D eigenvalue weighted by Crippen LogP contribution is 2.29. The van der Waals surface area contributed by atoms with Gasteiger partial charge in [0, 0.05) is 22.7 Å². The summed E-state index contributed by atoms with van der Waals surface area (Å²) in [6.45, 7) is 3.04. The summed E-state index contributed by atoms with van der Waals surface area (Å²) < 4.78 is 12.0. The third kappa shape index (κ3) is 8.91. The minimum atomic E-state index is -0.664. The molecule has 46 heavy (non-hydrogen) atoms. The largest absolute Gasteiger partial charge is 0.459 e. The molecule has 0 radical (unpaired) electrons. The van der Waals surface area contributed by atoms with Crippen molar-refractivity contribution in [2.24, 2.45) is 0 Å². The first-order valence-electron chi connectivity index (χ1n) is 15.1. The standard InChI is InChI=1S/C38H37ClN2O4S/c1-26-8-6-7-11-32(26)34-22-28(24-44-25-31-17-19-36(45-31)29-13-15-30(39)16-14-29)12-18-33(34)37(42)41-35(20-21-46-2)38(43)40-23-27-9-4-3-5-10-27/h3-19,22,35H,20-21,23-25H2,1-2H3,(H,40,43)(H,41,42)/t35-/m0/s1. The summed E-state index contributed by atoms with van der Waals surface area (Å²) in [6.07, 6.45) is 2.51. The van der Waals surface area contributed by atoms with Crippen LogP contribution in [0.4, 0.5) is 0 Å². The molecule has 1 atom stereocenters. The van der Waals surface area contributed by atoms with Crippen molar-refractivity contribution in [1.82, 2.24) is 10.6 Å². The third-order valence-corrected chi connectivity index (χ3v) is 8.51. The molecule has 1 heterocycles. The van der Waals surface area contributed by atoms with Crippen LogP contribution in [0, 0.1) is 6.92 Å². The van der Waals surface area contributed by atoms with Crippen LogP contribution in [-0.4, -0.2) is 29.9 Å². The molecule has 0 aliphatic carbocycles. The Morgan fingerprint density at radius 2 is 1.61 bits per heavy atom. The van der Waals surface area contributed by atoms with Crippen LogP contribution in [-0.2, 0) is 29.3 Å². The molecule has 5 aromatic rings. The molecule has 2 amide bonds. The van der Waals surface area contributed by atoms with Gasteiger partial charge in [-0.1, -0.05) is 72.3 Å². The van der Waals surface area contributed by atoms with Crippen molar-refractivity contribution in [1.29, 1.82) is 0 Å². The Morgan fingerprint density at radius 1 is 0.848 bits per heavy atom. The number of aryl methyl sites for hydroxylation is 1. The van der Waals surface area contributed by atoms with Gasteiger partial charge < -0.3 is 19.8 Å². The molecule has 6 nitrogen and oxygen atoms in total. The van der Waals surface area contributed by atoms with Gasteiger partial charge >= 0.3 is 0 Å². The van der Waals surface area contributed by atoms with Gasteiger partial charge in [-0.05, 0) is 102 Å². The van der Waals surface area contributed by atoms with E-state index in [1.165, 1.54) is 0 Å². The molecule has 0 aliphatic heterocycles. The third-order valence-electron chi connectivity index (χ3n) is 7.61. The average molecular weight is 653 g/mol. The lowest BCUT2D eigenvalue weighted by Crippen LogP contribution is -2.47. The number of benzene rings is 4. The van der Waals surface area contributed by atoms with Crippen molar-refractivity contribution in [2.75, 3.05) is 12.0 Å². The van der Waals surface area contributed by atoms with Crippen LogP contribution >= 0.6 is 23.4 Å². The van der Waals surface area contributed by atoms with E-state index in [1.807, 2.05) is 122 Å². The van der Waals surface area contributed by atoms with Gasteiger partial charge in [0.1, 0.15) is 24.2 Å². The Morgan fingerprint density at radius 3 is 2.37 bits per heavy atom. The number of amides is 2. The second-order valence-electron chi connectivity index (χ2n) is 11.0. The Hall–Kier alpha value is -4.30. The number of carbonyl (C=O) groups is 2. The van der Waals surface area contributed by atoms with Crippen LogP contribution in [0.2, 0.25) is 5.02 Å². The summed E-state index contributed by atoms with van der Waals surface area (Å²) in [5.74, 6) is 1.70. The Kier molecular flexibility index (Phi) is 11.7. The van der Waals surface area contributed by atoms with Gasteiger partial charge in [-0.3, -0.25) is 9.59 Å². The molecule has 0 unspecified atom stereocenters. The quantitative estimate of drug-likeness (QED) is 0.126. The number of ether oxygens (including phenoxy) is 1. The second kappa shape index (κ2) is 16.3. The number of nitrogens with one attached hydrogen (secondary N) is 2. The van der Waals surface area contributed by atoms with E-state index >= 15 is 0 Å². The zero-order chi connectivity index (χ0) is 32.3. The van der Waals surface area contributed by atoms with Gasteiger partial charge in [0.05, 0.1) is 6.61 Å². The first kappa shape index (κ1) is 33.1. The number of carbonyl (C=O) groups excluding carboxylic acids is 2. The normalized spacial score (nSPS) is 11.6. The number of rotatable bonds is 14. The molecule has 0 saturated carbocycles. The Balaban J connectivity index is 1.30. The molecule has 0 spiro atoms. The van der Waals surface area contributed by atoms with Crippen LogP contribution in [0.3, 0.4) is 0 Å². The summed E-state index contributed by atoms with van der Waals surface area (Å²) in [4.78, 5) is 27.0. The van der Waals surface area contributed by atoms with E-state index < -0.39 is 6.04 Å². The molecule has 8 heteroatoms. The lowest BCUT2D eigenvalue weighted by molar-refractivity contribution is -0.123. The van der Waals surface area contributed by atoms with Crippen LogP contribution in [0.25, 0.3) is 22.5 Å². The van der Waals surface area contributed by atoms with Crippen molar-refractivity contribution in [3.8, 4) is 22.5 Å². The average Bonchev–Trinajstić information content (AvgIpc) is 3.55. The zero-order valence-electron chi connectivity index (χ0n) is 25.9. The predicted octanol–water partition coefficient (Wildman–Crippen LogP) is 8.46. The topological polar surface area (TPSA) is 80.6 Å². The van der Waals surface area contributed by atoms with Crippen molar-refractivity contribution in [2.45, 2.75) is 39.1 Å². The van der Waals surface area contributed by atoms with E-state index in [1.54, 1.807) is 11.8 Å². The van der Waals surface area contributed by atoms with Crippen LogP contribution in [0.5, 0.6) is 0 Å². The Labute approximate surface area is 279 Å². The summed E-state index contributed by atoms with van der Waals surface area (Å²) in [6, 6.07) is 34.0. The van der Waals surface area contributed by atoms with Crippen LogP contribution < -0.4 is 10.6 Å². The molecule has 0 aliphatic rings. The molecule has 5 rings (SSSR count). The highest BCUT2D eigenvalue weighted by Gasteiger charge is 2.23. The van der Waals surface area contributed by atoms with E-state index in [0.29, 0.717) is 42.5 Å². The van der Waals surface area contributed by atoms with Crippen LogP contribution in [0.1, 0.15) is 39.2 Å². The van der Waals surface area contributed by atoms with Gasteiger partial charge in [0.2, 0.25) is 5.91 Å². The summed E-state index contributed by atoms with van der Waals surface area (Å²) >= 11 is 7.65. The maximum atomic E-state index is 13.8. The monoisotopic (exact) mass is 652 g/mol. The SMILES string of the molecule is CSCC[C@H](NC(=O)c1ccc(COCc2ccc(-c3ccc(Cl)cc3)o2)cc1-c1ccccc1C)C(=O)NCc1ccccc1. The number of thioether (sulfide) groups is 1. The number of furan rings is 1. The highest BCUT2D eigenvalue weighted by molar-refractivity contribution is 7.98. The van der Waals surface area contributed by atoms with E-state index in [0.717, 1.165) is 44.9 Å². The maximum absolute atomic E-state index is 13.8. The molecule has 4 aromatic carbocycles. The van der Waals surface area contributed by atoms with Gasteiger partial charge in [-0.15, -0.1) is 0 Å². The fourth-order valence-electron chi connectivity index (χ4n) is 5.12. The lowest BCUT2D eigenvalue weighted by atomic mass is 9.93. The maximum Gasteiger partial charge on any atom is 0.252 e. The minimum absolute atomic E-state index is 0.203. The fraction of sp³-hybridized carbons (Fsp3) is 0.211.